The summed E-state index contributed by atoms with van der Waals surface area (Å²) in [7, 11) is 2.04. The molecule has 7 heteroatoms. The number of halogens is 1. The number of aryl methyl sites for hydroxylation is 3. The number of hydrogen-bond acceptors (Lipinski definition) is 3. The summed E-state index contributed by atoms with van der Waals surface area (Å²) in [6.45, 7) is 3.93. The van der Waals surface area contributed by atoms with Crippen LogP contribution in [-0.2, 0) is 7.05 Å². The van der Waals surface area contributed by atoms with Gasteiger partial charge in [0.05, 0.1) is 16.9 Å². The minimum absolute atomic E-state index is 0.0573. The van der Waals surface area contributed by atoms with Gasteiger partial charge in [-0.1, -0.05) is 23.7 Å². The summed E-state index contributed by atoms with van der Waals surface area (Å²) < 4.78 is 4.09. The van der Waals surface area contributed by atoms with Gasteiger partial charge in [0.15, 0.2) is 5.65 Å². The highest BCUT2D eigenvalue weighted by Crippen LogP contribution is 2.50. The molecule has 2 aliphatic rings. The average Bonchev–Trinajstić information content (AvgIpc) is 3.35. The number of carbonyl (C=O) groups is 1. The fraction of sp³-hybridized carbons (Fsp3) is 0.292. The average molecular weight is 432 g/mol. The number of hydrogen-bond donors (Lipinski definition) is 0. The maximum atomic E-state index is 13.9. The molecular weight excluding hydrogens is 410 g/mol. The number of nitrogens with zero attached hydrogens (tertiary/aromatic N) is 5. The second-order valence-corrected chi connectivity index (χ2v) is 9.12. The smallest absolute Gasteiger partial charge is 0.261 e. The molecule has 1 atom stereocenters. The molecule has 0 bridgehead atoms. The Balaban J connectivity index is 1.59. The highest BCUT2D eigenvalue weighted by atomic mass is 35.5. The summed E-state index contributed by atoms with van der Waals surface area (Å²) in [5, 5.41) is 9.16. The van der Waals surface area contributed by atoms with Gasteiger partial charge in [0, 0.05) is 24.5 Å². The van der Waals surface area contributed by atoms with Gasteiger partial charge in [-0.2, -0.15) is 0 Å². The van der Waals surface area contributed by atoms with Crippen LogP contribution >= 0.6 is 11.6 Å². The van der Waals surface area contributed by atoms with Crippen molar-refractivity contribution in [3.8, 4) is 0 Å². The topological polar surface area (TPSA) is 55.4 Å². The first-order chi connectivity index (χ1) is 14.9. The van der Waals surface area contributed by atoms with E-state index in [1.54, 1.807) is 0 Å². The van der Waals surface area contributed by atoms with Crippen LogP contribution in [0.1, 0.15) is 63.4 Å². The van der Waals surface area contributed by atoms with E-state index in [9.17, 15) is 4.79 Å². The van der Waals surface area contributed by atoms with E-state index in [-0.39, 0.29) is 11.9 Å². The van der Waals surface area contributed by atoms with Gasteiger partial charge >= 0.3 is 0 Å². The van der Waals surface area contributed by atoms with Crippen molar-refractivity contribution in [2.75, 3.05) is 4.90 Å². The van der Waals surface area contributed by atoms with Crippen molar-refractivity contribution < 1.29 is 4.79 Å². The maximum Gasteiger partial charge on any atom is 0.261 e. The Morgan fingerprint density at radius 2 is 1.81 bits per heavy atom. The highest BCUT2D eigenvalue weighted by molar-refractivity contribution is 6.30. The van der Waals surface area contributed by atoms with Crippen molar-refractivity contribution in [3.05, 3.63) is 81.5 Å². The van der Waals surface area contributed by atoms with Crippen molar-refractivity contribution in [1.29, 1.82) is 0 Å². The molecule has 3 aromatic heterocycles. The first-order valence-electron chi connectivity index (χ1n) is 10.5. The molecule has 1 fully saturated rings. The lowest BCUT2D eigenvalue weighted by atomic mass is 10.0. The summed E-state index contributed by atoms with van der Waals surface area (Å²) in [5.41, 5.74) is 6.78. The van der Waals surface area contributed by atoms with E-state index in [1.165, 1.54) is 5.56 Å². The third-order valence-electron chi connectivity index (χ3n) is 6.53. The van der Waals surface area contributed by atoms with Gasteiger partial charge in [0.25, 0.3) is 5.91 Å². The minimum Gasteiger partial charge on any atom is -0.351 e. The third-order valence-corrected chi connectivity index (χ3v) is 6.79. The van der Waals surface area contributed by atoms with Crippen molar-refractivity contribution in [1.82, 2.24) is 19.2 Å². The van der Waals surface area contributed by atoms with Gasteiger partial charge in [0.2, 0.25) is 0 Å². The molecule has 6 rings (SSSR count). The Labute approximate surface area is 185 Å². The lowest BCUT2D eigenvalue weighted by Gasteiger charge is -2.27. The quantitative estimate of drug-likeness (QED) is 0.460. The molecule has 0 unspecified atom stereocenters. The van der Waals surface area contributed by atoms with Crippen LogP contribution in [0.15, 0.2) is 42.7 Å². The number of amides is 1. The van der Waals surface area contributed by atoms with E-state index in [4.69, 9.17) is 11.6 Å². The molecule has 1 aliphatic heterocycles. The van der Waals surface area contributed by atoms with Gasteiger partial charge in [-0.3, -0.25) is 14.1 Å². The van der Waals surface area contributed by atoms with E-state index >= 15 is 0 Å². The van der Waals surface area contributed by atoms with Gasteiger partial charge < -0.3 is 4.57 Å². The van der Waals surface area contributed by atoms with Crippen LogP contribution in [0.4, 0.5) is 5.69 Å². The number of anilines is 1. The van der Waals surface area contributed by atoms with Crippen molar-refractivity contribution >= 4 is 28.8 Å². The van der Waals surface area contributed by atoms with E-state index < -0.39 is 0 Å². The summed E-state index contributed by atoms with van der Waals surface area (Å²) in [5.74, 6) is 1.35. The largest absolute Gasteiger partial charge is 0.351 e. The van der Waals surface area contributed by atoms with Crippen molar-refractivity contribution in [3.63, 3.8) is 0 Å². The SMILES string of the molecule is Cc1cc(N2C(=O)c3c(C4CC4)cn(C)c3[C@@H]2c2ccc(Cl)cc2)cn2c(C)nnc12. The number of aromatic nitrogens is 4. The first-order valence-corrected chi connectivity index (χ1v) is 10.9. The molecule has 0 N–H and O–H groups in total. The highest BCUT2D eigenvalue weighted by Gasteiger charge is 2.45. The second kappa shape index (κ2) is 6.44. The Bertz CT molecular complexity index is 1360. The van der Waals surface area contributed by atoms with Crippen LogP contribution < -0.4 is 4.90 Å². The van der Waals surface area contributed by atoms with Crippen LogP contribution in [0.25, 0.3) is 5.65 Å². The number of benzene rings is 1. The Morgan fingerprint density at radius 1 is 1.06 bits per heavy atom. The molecule has 1 saturated carbocycles. The second-order valence-electron chi connectivity index (χ2n) is 8.68. The fourth-order valence-corrected chi connectivity index (χ4v) is 5.02. The minimum atomic E-state index is -0.217. The van der Waals surface area contributed by atoms with Crippen molar-refractivity contribution in [2.45, 2.75) is 38.6 Å². The Kier molecular flexibility index (Phi) is 3.87. The van der Waals surface area contributed by atoms with Gasteiger partial charge in [-0.15, -0.1) is 10.2 Å². The summed E-state index contributed by atoms with van der Waals surface area (Å²) in [6, 6.07) is 9.63. The van der Waals surface area contributed by atoms with Crippen LogP contribution in [0, 0.1) is 13.8 Å². The monoisotopic (exact) mass is 431 g/mol. The van der Waals surface area contributed by atoms with Crippen molar-refractivity contribution in [2.24, 2.45) is 7.05 Å². The van der Waals surface area contributed by atoms with Gasteiger partial charge in [0.1, 0.15) is 11.9 Å². The molecule has 1 amide bonds. The third kappa shape index (κ3) is 2.67. The Hall–Kier alpha value is -3.12. The Morgan fingerprint density at radius 3 is 2.52 bits per heavy atom. The zero-order chi connectivity index (χ0) is 21.4. The van der Waals surface area contributed by atoms with Crippen LogP contribution in [0.2, 0.25) is 5.02 Å². The molecule has 0 spiro atoms. The molecule has 156 valence electrons. The standard InChI is InChI=1S/C24H22ClN5O/c1-13-10-18(11-29-14(2)26-27-23(13)29)30-21(16-6-8-17(25)9-7-16)22-20(24(30)31)19(12-28(22)3)15-4-5-15/h6-12,15,21H,4-5H2,1-3H3/t21-/m0/s1. The molecule has 1 aromatic carbocycles. The number of carbonyl (C=O) groups excluding carboxylic acids is 1. The van der Waals surface area contributed by atoms with E-state index in [0.29, 0.717) is 10.9 Å². The first kappa shape index (κ1) is 18.6. The summed E-state index contributed by atoms with van der Waals surface area (Å²) in [4.78, 5) is 15.9. The lowest BCUT2D eigenvalue weighted by Crippen LogP contribution is -2.30. The molecule has 1 aliphatic carbocycles. The molecule has 31 heavy (non-hydrogen) atoms. The fourth-order valence-electron chi connectivity index (χ4n) is 4.89. The van der Waals surface area contributed by atoms with Gasteiger partial charge in [-0.05, 0) is 67.5 Å². The molecule has 4 aromatic rings. The lowest BCUT2D eigenvalue weighted by molar-refractivity contribution is 0.0992. The molecule has 0 saturated heterocycles. The predicted molar refractivity (Wildman–Crippen MR) is 120 cm³/mol. The van der Waals surface area contributed by atoms with E-state index in [0.717, 1.165) is 52.4 Å². The predicted octanol–water partition coefficient (Wildman–Crippen LogP) is 4.97. The molecular formula is C24H22ClN5O. The molecule has 0 radical (unpaired) electrons. The van der Waals surface area contributed by atoms with Gasteiger partial charge in [-0.25, -0.2) is 0 Å². The summed E-state index contributed by atoms with van der Waals surface area (Å²) >= 11 is 6.17. The normalized spacial score (nSPS) is 18.3. The number of fused-ring (bicyclic) bond motifs is 2. The number of rotatable bonds is 3. The van der Waals surface area contributed by atoms with E-state index in [2.05, 4.69) is 21.0 Å². The van der Waals surface area contributed by atoms with E-state index in [1.807, 2.05) is 66.7 Å². The zero-order valence-electron chi connectivity index (χ0n) is 17.6. The zero-order valence-corrected chi connectivity index (χ0v) is 18.4. The summed E-state index contributed by atoms with van der Waals surface area (Å²) in [6.07, 6.45) is 6.43. The van der Waals surface area contributed by atoms with Crippen LogP contribution in [-0.4, -0.2) is 25.1 Å². The molecule has 6 nitrogen and oxygen atoms in total. The maximum absolute atomic E-state index is 13.9. The van der Waals surface area contributed by atoms with Crippen LogP contribution in [0.5, 0.6) is 0 Å². The molecule has 4 heterocycles. The number of pyridine rings is 1. The van der Waals surface area contributed by atoms with Crippen LogP contribution in [0.3, 0.4) is 0 Å².